The lowest BCUT2D eigenvalue weighted by molar-refractivity contribution is 0.145. The molecule has 3 heterocycles. The number of anilines is 2. The first-order valence-electron chi connectivity index (χ1n) is 10.2. The molecule has 1 N–H and O–H groups in total. The fraction of sp³-hybridized carbons (Fsp3) is 0.545. The Morgan fingerprint density at radius 1 is 0.964 bits per heavy atom. The molecular formula is C22H31N5O. The van der Waals surface area contributed by atoms with Crippen molar-refractivity contribution in [3.63, 3.8) is 0 Å². The predicted octanol–water partition coefficient (Wildman–Crippen LogP) is 2.28. The largest absolute Gasteiger partial charge is 0.393 e. The molecule has 28 heavy (non-hydrogen) atoms. The van der Waals surface area contributed by atoms with E-state index in [1.165, 1.54) is 11.1 Å². The predicted molar refractivity (Wildman–Crippen MR) is 113 cm³/mol. The number of aryl methyl sites for hydroxylation is 1. The molecule has 0 aliphatic carbocycles. The standard InChI is InChI=1S/C22H31N5O/c1-16-4-6-17(7-5-16)19-13-27(14-20(19)25(2)3)22-12-21(23-15-24-22)26-10-8-18(28)9-11-26/h4-7,12,15,18-20,28H,8-11,13-14H2,1-3H3/t19-,20+/m0/s1. The molecule has 2 aliphatic heterocycles. The third kappa shape index (κ3) is 3.98. The van der Waals surface area contributed by atoms with Gasteiger partial charge in [0.05, 0.1) is 6.10 Å². The Kier molecular flexibility index (Phi) is 5.51. The zero-order valence-corrected chi connectivity index (χ0v) is 17.1. The van der Waals surface area contributed by atoms with E-state index in [0.717, 1.165) is 50.7 Å². The molecule has 0 amide bonds. The van der Waals surface area contributed by atoms with Gasteiger partial charge in [-0.2, -0.15) is 0 Å². The quantitative estimate of drug-likeness (QED) is 0.877. The number of aliphatic hydroxyl groups is 1. The number of rotatable bonds is 4. The van der Waals surface area contributed by atoms with Crippen molar-refractivity contribution < 1.29 is 5.11 Å². The van der Waals surface area contributed by atoms with Gasteiger partial charge in [0, 0.05) is 44.2 Å². The topological polar surface area (TPSA) is 55.7 Å². The highest BCUT2D eigenvalue weighted by atomic mass is 16.3. The number of aromatic nitrogens is 2. The van der Waals surface area contributed by atoms with E-state index in [0.29, 0.717) is 12.0 Å². The molecule has 0 bridgehead atoms. The zero-order chi connectivity index (χ0) is 19.7. The van der Waals surface area contributed by atoms with Gasteiger partial charge in [-0.15, -0.1) is 0 Å². The minimum Gasteiger partial charge on any atom is -0.393 e. The second-order valence-electron chi connectivity index (χ2n) is 8.41. The first-order chi connectivity index (χ1) is 13.5. The summed E-state index contributed by atoms with van der Waals surface area (Å²) >= 11 is 0. The van der Waals surface area contributed by atoms with Crippen molar-refractivity contribution in [2.75, 3.05) is 50.1 Å². The molecule has 0 spiro atoms. The lowest BCUT2D eigenvalue weighted by Gasteiger charge is -2.31. The van der Waals surface area contributed by atoms with Crippen LogP contribution in [0.2, 0.25) is 0 Å². The molecule has 1 aromatic heterocycles. The number of aliphatic hydroxyl groups excluding tert-OH is 1. The highest BCUT2D eigenvalue weighted by Gasteiger charge is 2.36. The number of piperidine rings is 1. The van der Waals surface area contributed by atoms with E-state index < -0.39 is 0 Å². The van der Waals surface area contributed by atoms with Crippen molar-refractivity contribution in [3.8, 4) is 0 Å². The van der Waals surface area contributed by atoms with Crippen molar-refractivity contribution in [1.29, 1.82) is 0 Å². The lowest BCUT2D eigenvalue weighted by atomic mass is 9.93. The molecule has 150 valence electrons. The monoisotopic (exact) mass is 381 g/mol. The summed E-state index contributed by atoms with van der Waals surface area (Å²) in [7, 11) is 4.33. The summed E-state index contributed by atoms with van der Waals surface area (Å²) in [4.78, 5) is 16.1. The van der Waals surface area contributed by atoms with Gasteiger partial charge < -0.3 is 19.8 Å². The Labute approximate surface area is 167 Å². The molecule has 6 nitrogen and oxygen atoms in total. The third-order valence-electron chi connectivity index (χ3n) is 6.21. The second kappa shape index (κ2) is 8.05. The Hall–Kier alpha value is -2.18. The minimum atomic E-state index is -0.174. The lowest BCUT2D eigenvalue weighted by Crippen LogP contribution is -2.36. The SMILES string of the molecule is Cc1ccc([C@@H]2CN(c3cc(N4CCC(O)CC4)ncn3)C[C@H]2N(C)C)cc1. The minimum absolute atomic E-state index is 0.174. The Morgan fingerprint density at radius 3 is 2.25 bits per heavy atom. The number of benzene rings is 1. The average molecular weight is 382 g/mol. The fourth-order valence-corrected chi connectivity index (χ4v) is 4.42. The molecule has 4 rings (SSSR count). The van der Waals surface area contributed by atoms with Crippen LogP contribution < -0.4 is 9.80 Å². The van der Waals surface area contributed by atoms with Crippen molar-refractivity contribution in [2.45, 2.75) is 37.8 Å². The smallest absolute Gasteiger partial charge is 0.134 e. The molecule has 2 aliphatic rings. The summed E-state index contributed by atoms with van der Waals surface area (Å²) in [5, 5.41) is 9.76. The van der Waals surface area contributed by atoms with E-state index in [2.05, 4.69) is 76.0 Å². The van der Waals surface area contributed by atoms with Crippen LogP contribution in [0.5, 0.6) is 0 Å². The molecule has 2 fully saturated rings. The van der Waals surface area contributed by atoms with Gasteiger partial charge in [-0.1, -0.05) is 29.8 Å². The van der Waals surface area contributed by atoms with Crippen LogP contribution in [-0.2, 0) is 0 Å². The Bertz CT molecular complexity index is 786. The van der Waals surface area contributed by atoms with E-state index in [1.54, 1.807) is 6.33 Å². The van der Waals surface area contributed by atoms with Gasteiger partial charge in [-0.25, -0.2) is 9.97 Å². The van der Waals surface area contributed by atoms with Crippen LogP contribution in [0, 0.1) is 6.92 Å². The maximum absolute atomic E-state index is 9.76. The van der Waals surface area contributed by atoms with Crippen LogP contribution in [0.4, 0.5) is 11.6 Å². The number of hydrogen-bond donors (Lipinski definition) is 1. The van der Waals surface area contributed by atoms with Gasteiger partial charge in [0.25, 0.3) is 0 Å². The average Bonchev–Trinajstić information content (AvgIpc) is 3.15. The summed E-state index contributed by atoms with van der Waals surface area (Å²) < 4.78 is 0. The third-order valence-corrected chi connectivity index (χ3v) is 6.21. The summed E-state index contributed by atoms with van der Waals surface area (Å²) in [5.41, 5.74) is 2.69. The number of likely N-dealkylation sites (N-methyl/N-ethyl adjacent to an activating group) is 1. The summed E-state index contributed by atoms with van der Waals surface area (Å²) in [6, 6.07) is 11.5. The van der Waals surface area contributed by atoms with Crippen molar-refractivity contribution in [3.05, 3.63) is 47.8 Å². The van der Waals surface area contributed by atoms with Crippen LogP contribution in [0.1, 0.15) is 29.9 Å². The van der Waals surface area contributed by atoms with Crippen LogP contribution in [0.15, 0.2) is 36.7 Å². The van der Waals surface area contributed by atoms with Crippen molar-refractivity contribution in [2.24, 2.45) is 0 Å². The first-order valence-corrected chi connectivity index (χ1v) is 10.2. The van der Waals surface area contributed by atoms with Crippen molar-refractivity contribution in [1.82, 2.24) is 14.9 Å². The van der Waals surface area contributed by atoms with Gasteiger partial charge in [0.1, 0.15) is 18.0 Å². The molecule has 6 heteroatoms. The van der Waals surface area contributed by atoms with Crippen LogP contribution in [0.3, 0.4) is 0 Å². The summed E-state index contributed by atoms with van der Waals surface area (Å²) in [6.07, 6.45) is 3.12. The molecule has 0 unspecified atom stereocenters. The Morgan fingerprint density at radius 2 is 1.61 bits per heavy atom. The van der Waals surface area contributed by atoms with Gasteiger partial charge in [0.15, 0.2) is 0 Å². The molecule has 2 aromatic rings. The van der Waals surface area contributed by atoms with Gasteiger partial charge in [0.2, 0.25) is 0 Å². The fourth-order valence-electron chi connectivity index (χ4n) is 4.42. The zero-order valence-electron chi connectivity index (χ0n) is 17.1. The number of nitrogens with zero attached hydrogens (tertiary/aromatic N) is 5. The van der Waals surface area contributed by atoms with Gasteiger partial charge >= 0.3 is 0 Å². The molecular weight excluding hydrogens is 350 g/mol. The van der Waals surface area contributed by atoms with E-state index in [9.17, 15) is 5.11 Å². The van der Waals surface area contributed by atoms with Gasteiger partial charge in [-0.3, -0.25) is 0 Å². The molecule has 0 saturated carbocycles. The normalized spacial score (nSPS) is 23.6. The second-order valence-corrected chi connectivity index (χ2v) is 8.41. The van der Waals surface area contributed by atoms with E-state index in [4.69, 9.17) is 0 Å². The van der Waals surface area contributed by atoms with E-state index in [1.807, 2.05) is 0 Å². The highest BCUT2D eigenvalue weighted by Crippen LogP contribution is 2.33. The number of hydrogen-bond acceptors (Lipinski definition) is 6. The van der Waals surface area contributed by atoms with Gasteiger partial charge in [-0.05, 0) is 39.4 Å². The molecule has 2 atom stereocenters. The first kappa shape index (κ1) is 19.2. The maximum Gasteiger partial charge on any atom is 0.134 e. The summed E-state index contributed by atoms with van der Waals surface area (Å²) in [6.45, 7) is 5.76. The highest BCUT2D eigenvalue weighted by molar-refractivity contribution is 5.52. The van der Waals surface area contributed by atoms with Crippen LogP contribution >= 0.6 is 0 Å². The van der Waals surface area contributed by atoms with E-state index in [-0.39, 0.29) is 6.10 Å². The van der Waals surface area contributed by atoms with E-state index >= 15 is 0 Å². The Balaban J connectivity index is 1.54. The maximum atomic E-state index is 9.76. The van der Waals surface area contributed by atoms with Crippen molar-refractivity contribution >= 4 is 11.6 Å². The van der Waals surface area contributed by atoms with Crippen LogP contribution in [-0.4, -0.2) is 72.4 Å². The van der Waals surface area contributed by atoms with Crippen LogP contribution in [0.25, 0.3) is 0 Å². The molecule has 1 aromatic carbocycles. The molecule has 0 radical (unpaired) electrons. The molecule has 2 saturated heterocycles. The summed E-state index contributed by atoms with van der Waals surface area (Å²) in [5.74, 6) is 2.42.